The second-order valence-corrected chi connectivity index (χ2v) is 9.08. The van der Waals surface area contributed by atoms with Gasteiger partial charge >= 0.3 is 6.18 Å². The van der Waals surface area contributed by atoms with Crippen LogP contribution in [-0.2, 0) is 23.7 Å². The summed E-state index contributed by atoms with van der Waals surface area (Å²) in [5, 5.41) is 12.7. The summed E-state index contributed by atoms with van der Waals surface area (Å²) >= 11 is 3.05. The predicted molar refractivity (Wildman–Crippen MR) is 114 cm³/mol. The normalized spacial score (nSPS) is 15.9. The summed E-state index contributed by atoms with van der Waals surface area (Å²) in [4.78, 5) is 12.4. The van der Waals surface area contributed by atoms with E-state index in [0.717, 1.165) is 24.3 Å². The molecule has 4 bridgehead atoms. The molecular weight excluding hydrogens is 535 g/mol. The van der Waals surface area contributed by atoms with Crippen LogP contribution in [0.4, 0.5) is 27.6 Å². The number of benzene rings is 3. The fourth-order valence-electron chi connectivity index (χ4n) is 3.27. The lowest BCUT2D eigenvalue weighted by Crippen LogP contribution is -2.23. The number of halogens is 6. The lowest BCUT2D eigenvalue weighted by Gasteiger charge is -2.16. The average Bonchev–Trinajstić information content (AvgIpc) is 2.74. The van der Waals surface area contributed by atoms with Gasteiger partial charge in [-0.25, -0.2) is 13.0 Å². The average molecular weight is 547 g/mol. The van der Waals surface area contributed by atoms with Crippen molar-refractivity contribution < 1.29 is 36.1 Å². The Bertz CT molecular complexity index is 1330. The van der Waals surface area contributed by atoms with Crippen molar-refractivity contribution in [1.29, 1.82) is 0 Å². The van der Waals surface area contributed by atoms with E-state index >= 15 is 0 Å². The van der Waals surface area contributed by atoms with Crippen LogP contribution >= 0.6 is 15.9 Å². The first-order valence-corrected chi connectivity index (χ1v) is 11.1. The molecule has 4 rings (SSSR count). The standard InChI is InChI=1S/C21H12BrF5N2O3S/c22-14-3-10-4-18(19(14)30)33(32)29-17-6-13(15(23)7-16(17)24)12-5-11(21(25,26)27)2-1-9(12)8-28-20(10)31/h1-7,29-30H,8H2,(H,28,31). The molecule has 1 aliphatic rings. The van der Waals surface area contributed by atoms with Crippen LogP contribution in [0, 0.1) is 11.6 Å². The van der Waals surface area contributed by atoms with Gasteiger partial charge in [0.15, 0.2) is 11.0 Å². The number of phenolic OH excluding ortho intramolecular Hbond substituents is 1. The number of carbonyl (C=O) groups excluding carboxylic acids is 1. The number of alkyl halides is 3. The number of hydrogen-bond acceptors (Lipinski definition) is 3. The quantitative estimate of drug-likeness (QED) is 0.326. The Hall–Kier alpha value is -2.99. The molecule has 0 saturated carbocycles. The van der Waals surface area contributed by atoms with E-state index in [1.165, 1.54) is 6.07 Å². The van der Waals surface area contributed by atoms with Crippen LogP contribution in [0.3, 0.4) is 0 Å². The van der Waals surface area contributed by atoms with Gasteiger partial charge in [0.25, 0.3) is 5.91 Å². The maximum Gasteiger partial charge on any atom is 0.416 e. The Labute approximate surface area is 194 Å². The van der Waals surface area contributed by atoms with Gasteiger partial charge in [0, 0.05) is 23.7 Å². The Morgan fingerprint density at radius 3 is 2.42 bits per heavy atom. The van der Waals surface area contributed by atoms with Crippen LogP contribution in [0.2, 0.25) is 0 Å². The lowest BCUT2D eigenvalue weighted by atomic mass is 9.95. The number of phenols is 1. The molecule has 0 aliphatic carbocycles. The van der Waals surface area contributed by atoms with Gasteiger partial charge in [-0.3, -0.25) is 9.52 Å². The highest BCUT2D eigenvalue weighted by atomic mass is 79.9. The van der Waals surface area contributed by atoms with Crippen molar-refractivity contribution in [2.24, 2.45) is 0 Å². The third kappa shape index (κ3) is 4.44. The van der Waals surface area contributed by atoms with E-state index < -0.39 is 57.3 Å². The summed E-state index contributed by atoms with van der Waals surface area (Å²) in [6.45, 7) is -0.289. The number of aromatic hydroxyl groups is 1. The Morgan fingerprint density at radius 1 is 1.00 bits per heavy atom. The fourth-order valence-corrected chi connectivity index (χ4v) is 4.85. The van der Waals surface area contributed by atoms with Crippen LogP contribution in [0.1, 0.15) is 21.5 Å². The molecule has 3 aromatic rings. The molecular formula is C21H12BrF5N2O3S. The van der Waals surface area contributed by atoms with E-state index in [1.54, 1.807) is 0 Å². The lowest BCUT2D eigenvalue weighted by molar-refractivity contribution is -0.137. The third-order valence-electron chi connectivity index (χ3n) is 4.92. The van der Waals surface area contributed by atoms with Crippen LogP contribution in [0.25, 0.3) is 11.1 Å². The predicted octanol–water partition coefficient (Wildman–Crippen LogP) is 5.50. The number of amides is 1. The number of fused-ring (bicyclic) bond motifs is 6. The highest BCUT2D eigenvalue weighted by Crippen LogP contribution is 2.38. The first-order valence-electron chi connectivity index (χ1n) is 9.14. The zero-order chi connectivity index (χ0) is 24.1. The van der Waals surface area contributed by atoms with E-state index in [4.69, 9.17) is 0 Å². The van der Waals surface area contributed by atoms with E-state index in [0.29, 0.717) is 12.1 Å². The van der Waals surface area contributed by atoms with E-state index in [9.17, 15) is 36.1 Å². The first-order chi connectivity index (χ1) is 15.5. The molecule has 1 atom stereocenters. The van der Waals surface area contributed by atoms with Gasteiger partial charge in [-0.05, 0) is 57.4 Å². The van der Waals surface area contributed by atoms with Gasteiger partial charge in [-0.15, -0.1) is 0 Å². The van der Waals surface area contributed by atoms with Crippen LogP contribution in [0.5, 0.6) is 5.75 Å². The van der Waals surface area contributed by atoms with Crippen molar-refractivity contribution in [3.05, 3.63) is 75.3 Å². The smallest absolute Gasteiger partial charge is 0.416 e. The second-order valence-electron chi connectivity index (χ2n) is 7.04. The van der Waals surface area contributed by atoms with Crippen LogP contribution in [0.15, 0.2) is 51.8 Å². The molecule has 0 aromatic heterocycles. The molecule has 172 valence electrons. The van der Waals surface area contributed by atoms with Gasteiger partial charge in [0.1, 0.15) is 22.3 Å². The van der Waals surface area contributed by atoms with Crippen molar-refractivity contribution in [2.75, 3.05) is 4.72 Å². The van der Waals surface area contributed by atoms with Gasteiger partial charge in [0.2, 0.25) is 0 Å². The third-order valence-corrected chi connectivity index (χ3v) is 6.64. The minimum Gasteiger partial charge on any atom is -0.505 e. The zero-order valence-electron chi connectivity index (χ0n) is 16.2. The maximum atomic E-state index is 14.7. The van der Waals surface area contributed by atoms with Crippen molar-refractivity contribution in [3.8, 4) is 16.9 Å². The Kier molecular flexibility index (Phi) is 5.91. The number of nitrogens with one attached hydrogen (secondary N) is 2. The SMILES string of the molecule is O=C1NCc2ccc(C(F)(F)F)cc2-c2cc(c(F)cc2F)NS(=O)c2cc1cc(Br)c2O. The topological polar surface area (TPSA) is 78.4 Å². The van der Waals surface area contributed by atoms with Crippen molar-refractivity contribution in [1.82, 2.24) is 5.32 Å². The molecule has 1 aliphatic heterocycles. The summed E-state index contributed by atoms with van der Waals surface area (Å²) in [6, 6.07) is 6.27. The molecule has 3 aromatic carbocycles. The number of hydrogen-bond donors (Lipinski definition) is 3. The van der Waals surface area contributed by atoms with Crippen molar-refractivity contribution in [2.45, 2.75) is 17.6 Å². The minimum atomic E-state index is -4.73. The second kappa shape index (κ2) is 8.41. The summed E-state index contributed by atoms with van der Waals surface area (Å²) in [7, 11) is -2.32. The molecule has 0 spiro atoms. The number of anilines is 1. The van der Waals surface area contributed by atoms with E-state index in [1.807, 2.05) is 0 Å². The molecule has 0 saturated heterocycles. The molecule has 1 amide bonds. The highest BCUT2D eigenvalue weighted by molar-refractivity contribution is 9.10. The molecule has 12 heteroatoms. The van der Waals surface area contributed by atoms with Gasteiger partial charge in [0.05, 0.1) is 15.7 Å². The molecule has 0 radical (unpaired) electrons. The number of carbonyl (C=O) groups is 1. The molecule has 33 heavy (non-hydrogen) atoms. The van der Waals surface area contributed by atoms with E-state index in [-0.39, 0.29) is 32.6 Å². The maximum absolute atomic E-state index is 14.7. The summed E-state index contributed by atoms with van der Waals surface area (Å²) in [6.07, 6.45) is -4.73. The molecule has 3 N–H and O–H groups in total. The molecule has 5 nitrogen and oxygen atoms in total. The summed E-state index contributed by atoms with van der Waals surface area (Å²) in [5.41, 5.74) is -2.08. The number of rotatable bonds is 0. The van der Waals surface area contributed by atoms with Gasteiger partial charge in [-0.1, -0.05) is 6.07 Å². The van der Waals surface area contributed by atoms with Crippen LogP contribution in [-0.4, -0.2) is 15.2 Å². The van der Waals surface area contributed by atoms with Crippen molar-refractivity contribution >= 4 is 38.5 Å². The Balaban J connectivity index is 1.97. The van der Waals surface area contributed by atoms with Crippen LogP contribution < -0.4 is 10.0 Å². The van der Waals surface area contributed by atoms with Gasteiger partial charge in [-0.2, -0.15) is 13.2 Å². The fraction of sp³-hybridized carbons (Fsp3) is 0.0952. The van der Waals surface area contributed by atoms with Crippen molar-refractivity contribution in [3.63, 3.8) is 0 Å². The monoisotopic (exact) mass is 546 g/mol. The van der Waals surface area contributed by atoms with Gasteiger partial charge < -0.3 is 10.4 Å². The van der Waals surface area contributed by atoms with E-state index in [2.05, 4.69) is 26.0 Å². The summed E-state index contributed by atoms with van der Waals surface area (Å²) in [5.74, 6) is -3.49. The first kappa shape index (κ1) is 23.2. The highest BCUT2D eigenvalue weighted by Gasteiger charge is 2.32. The Morgan fingerprint density at radius 2 is 1.73 bits per heavy atom. The molecule has 1 unspecified atom stereocenters. The largest absolute Gasteiger partial charge is 0.505 e. The minimum absolute atomic E-state index is 0.0316. The zero-order valence-corrected chi connectivity index (χ0v) is 18.6. The molecule has 0 fully saturated rings. The summed E-state index contributed by atoms with van der Waals surface area (Å²) < 4.78 is 84.2. The molecule has 1 heterocycles.